The van der Waals surface area contributed by atoms with Gasteiger partial charge in [-0.15, -0.1) is 0 Å². The van der Waals surface area contributed by atoms with E-state index in [2.05, 4.69) is 28.1 Å². The number of aromatic nitrogens is 1. The molecular weight excluding hydrogens is 388 g/mol. The topological polar surface area (TPSA) is 88.8 Å². The zero-order valence-electron chi connectivity index (χ0n) is 17.2. The first-order chi connectivity index (χ1) is 13.9. The Hall–Kier alpha value is -1.90. The van der Waals surface area contributed by atoms with Crippen molar-refractivity contribution in [1.82, 2.24) is 9.29 Å². The average Bonchev–Trinajstić information content (AvgIpc) is 2.72. The molecular formula is C21H30N4O3S. The monoisotopic (exact) mass is 418 g/mol. The van der Waals surface area contributed by atoms with Crippen LogP contribution in [0.5, 0.6) is 5.75 Å². The molecule has 8 heteroatoms. The molecule has 29 heavy (non-hydrogen) atoms. The minimum absolute atomic E-state index is 0.404. The zero-order chi connectivity index (χ0) is 20.6. The van der Waals surface area contributed by atoms with Gasteiger partial charge in [-0.25, -0.2) is 5.14 Å². The predicted octanol–water partition coefficient (Wildman–Crippen LogP) is 2.68. The number of fused-ring (bicyclic) bond motifs is 1. The molecule has 0 bridgehead atoms. The van der Waals surface area contributed by atoms with Crippen LogP contribution in [-0.4, -0.2) is 51.0 Å². The van der Waals surface area contributed by atoms with Crippen LogP contribution in [0.3, 0.4) is 0 Å². The van der Waals surface area contributed by atoms with E-state index in [4.69, 9.17) is 9.88 Å². The summed E-state index contributed by atoms with van der Waals surface area (Å²) in [5, 5.41) is 6.48. The van der Waals surface area contributed by atoms with E-state index < -0.39 is 10.2 Å². The van der Waals surface area contributed by atoms with Crippen LogP contribution in [0.4, 0.5) is 5.69 Å². The molecule has 2 fully saturated rings. The van der Waals surface area contributed by atoms with Crippen molar-refractivity contribution in [2.24, 2.45) is 17.0 Å². The maximum absolute atomic E-state index is 11.7. The van der Waals surface area contributed by atoms with Crippen LogP contribution in [0.2, 0.25) is 0 Å². The molecule has 0 saturated carbocycles. The summed E-state index contributed by atoms with van der Waals surface area (Å²) in [6.07, 6.45) is 5.99. The highest BCUT2D eigenvalue weighted by Gasteiger charge is 2.33. The number of piperidine rings is 2. The SMILES string of the molecule is COc1cc2c(N3CCC(C4CCCN(S(N)(=O)=O)C4)CC3)ccnc2cc1C. The fourth-order valence-corrected chi connectivity index (χ4v) is 5.74. The molecule has 2 N–H and O–H groups in total. The first-order valence-electron chi connectivity index (χ1n) is 10.3. The lowest BCUT2D eigenvalue weighted by atomic mass is 9.80. The predicted molar refractivity (Wildman–Crippen MR) is 115 cm³/mol. The van der Waals surface area contributed by atoms with Crippen molar-refractivity contribution < 1.29 is 13.2 Å². The minimum atomic E-state index is -3.58. The highest BCUT2D eigenvalue weighted by Crippen LogP contribution is 2.36. The summed E-state index contributed by atoms with van der Waals surface area (Å²) < 4.78 is 30.4. The number of hydrogen-bond acceptors (Lipinski definition) is 5. The van der Waals surface area contributed by atoms with Crippen LogP contribution in [0.1, 0.15) is 31.2 Å². The molecule has 0 amide bonds. The van der Waals surface area contributed by atoms with Crippen molar-refractivity contribution in [2.75, 3.05) is 38.2 Å². The second kappa shape index (κ2) is 8.08. The highest BCUT2D eigenvalue weighted by atomic mass is 32.2. The van der Waals surface area contributed by atoms with Crippen molar-refractivity contribution >= 4 is 26.8 Å². The van der Waals surface area contributed by atoms with Gasteiger partial charge in [0.25, 0.3) is 10.2 Å². The van der Waals surface area contributed by atoms with Crippen molar-refractivity contribution in [3.63, 3.8) is 0 Å². The molecule has 0 aliphatic carbocycles. The van der Waals surface area contributed by atoms with Crippen LogP contribution in [0.25, 0.3) is 10.9 Å². The number of hydrogen-bond donors (Lipinski definition) is 1. The molecule has 1 unspecified atom stereocenters. The molecule has 2 saturated heterocycles. The van der Waals surface area contributed by atoms with Gasteiger partial charge in [-0.05, 0) is 68.2 Å². The molecule has 1 aromatic carbocycles. The fourth-order valence-electron chi connectivity index (χ4n) is 4.96. The Morgan fingerprint density at radius 3 is 2.59 bits per heavy atom. The van der Waals surface area contributed by atoms with Gasteiger partial charge >= 0.3 is 0 Å². The fraction of sp³-hybridized carbons (Fsp3) is 0.571. The first kappa shape index (κ1) is 20.4. The highest BCUT2D eigenvalue weighted by molar-refractivity contribution is 7.86. The van der Waals surface area contributed by atoms with Gasteiger partial charge in [-0.3, -0.25) is 4.98 Å². The number of methoxy groups -OCH3 is 1. The van der Waals surface area contributed by atoms with Gasteiger partial charge in [-0.2, -0.15) is 12.7 Å². The summed E-state index contributed by atoms with van der Waals surface area (Å²) >= 11 is 0. The Labute approximate surface area is 173 Å². The number of ether oxygens (including phenoxy) is 1. The van der Waals surface area contributed by atoms with Crippen LogP contribution >= 0.6 is 0 Å². The molecule has 1 atom stereocenters. The molecule has 0 spiro atoms. The van der Waals surface area contributed by atoms with Crippen LogP contribution < -0.4 is 14.8 Å². The number of anilines is 1. The quantitative estimate of drug-likeness (QED) is 0.825. The summed E-state index contributed by atoms with van der Waals surface area (Å²) in [7, 11) is -1.88. The van der Waals surface area contributed by atoms with E-state index in [1.165, 1.54) is 9.99 Å². The largest absolute Gasteiger partial charge is 0.496 e. The Morgan fingerprint density at radius 2 is 1.90 bits per heavy atom. The number of nitrogens with two attached hydrogens (primary N) is 1. The lowest BCUT2D eigenvalue weighted by molar-refractivity contribution is 0.177. The molecule has 0 radical (unpaired) electrons. The Bertz CT molecular complexity index is 987. The standard InChI is InChI=1S/C21H30N4O3S/c1-15-12-19-18(13-21(15)28-2)20(5-8-23-19)24-10-6-16(7-11-24)17-4-3-9-25(14-17)29(22,26)27/h5,8,12-13,16-17H,3-4,6-7,9-11,14H2,1-2H3,(H2,22,26,27). The summed E-state index contributed by atoms with van der Waals surface area (Å²) in [6, 6.07) is 6.25. The molecule has 2 aliphatic rings. The molecule has 2 aliphatic heterocycles. The molecule has 2 aromatic rings. The van der Waals surface area contributed by atoms with E-state index in [9.17, 15) is 8.42 Å². The van der Waals surface area contributed by atoms with Crippen LogP contribution in [0.15, 0.2) is 24.4 Å². The third-order valence-electron chi connectivity index (χ3n) is 6.56. The van der Waals surface area contributed by atoms with Gasteiger partial charge in [0.15, 0.2) is 0 Å². The van der Waals surface area contributed by atoms with Crippen molar-refractivity contribution in [2.45, 2.75) is 32.6 Å². The van der Waals surface area contributed by atoms with Crippen molar-refractivity contribution in [3.05, 3.63) is 30.0 Å². The molecule has 158 valence electrons. The Balaban J connectivity index is 1.49. The number of rotatable bonds is 4. The summed E-state index contributed by atoms with van der Waals surface area (Å²) in [4.78, 5) is 6.96. The molecule has 1 aromatic heterocycles. The van der Waals surface area contributed by atoms with E-state index in [1.54, 1.807) is 7.11 Å². The van der Waals surface area contributed by atoms with Crippen molar-refractivity contribution in [1.29, 1.82) is 0 Å². The van der Waals surface area contributed by atoms with Gasteiger partial charge in [0.2, 0.25) is 0 Å². The Morgan fingerprint density at radius 1 is 1.14 bits per heavy atom. The second-order valence-corrected chi connectivity index (χ2v) is 9.85. The van der Waals surface area contributed by atoms with Crippen LogP contribution in [0, 0.1) is 18.8 Å². The normalized spacial score (nSPS) is 22.2. The average molecular weight is 419 g/mol. The number of nitrogens with zero attached hydrogens (tertiary/aromatic N) is 3. The summed E-state index contributed by atoms with van der Waals surface area (Å²) in [5.41, 5.74) is 3.26. The van der Waals surface area contributed by atoms with E-state index in [-0.39, 0.29) is 0 Å². The third-order valence-corrected chi connectivity index (χ3v) is 7.61. The lowest BCUT2D eigenvalue weighted by Gasteiger charge is -2.40. The maximum Gasteiger partial charge on any atom is 0.276 e. The number of aryl methyl sites for hydroxylation is 1. The molecule has 3 heterocycles. The van der Waals surface area contributed by atoms with E-state index in [0.717, 1.165) is 61.0 Å². The minimum Gasteiger partial charge on any atom is -0.496 e. The van der Waals surface area contributed by atoms with Gasteiger partial charge in [0.05, 0.1) is 12.6 Å². The Kier molecular flexibility index (Phi) is 5.68. The van der Waals surface area contributed by atoms with Crippen LogP contribution in [-0.2, 0) is 10.2 Å². The summed E-state index contributed by atoms with van der Waals surface area (Å²) in [6.45, 7) is 5.08. The van der Waals surface area contributed by atoms with Gasteiger partial charge in [0.1, 0.15) is 5.75 Å². The van der Waals surface area contributed by atoms with Gasteiger partial charge in [0, 0.05) is 43.4 Å². The summed E-state index contributed by atoms with van der Waals surface area (Å²) in [5.74, 6) is 1.83. The van der Waals surface area contributed by atoms with Gasteiger partial charge < -0.3 is 9.64 Å². The van der Waals surface area contributed by atoms with Crippen molar-refractivity contribution in [3.8, 4) is 5.75 Å². The number of benzene rings is 1. The maximum atomic E-state index is 11.7. The lowest BCUT2D eigenvalue weighted by Crippen LogP contribution is -2.46. The molecule has 7 nitrogen and oxygen atoms in total. The second-order valence-electron chi connectivity index (χ2n) is 8.30. The first-order valence-corrected chi connectivity index (χ1v) is 11.8. The smallest absolute Gasteiger partial charge is 0.276 e. The van der Waals surface area contributed by atoms with Gasteiger partial charge in [-0.1, -0.05) is 0 Å². The number of pyridine rings is 1. The van der Waals surface area contributed by atoms with E-state index in [0.29, 0.717) is 24.9 Å². The van der Waals surface area contributed by atoms with E-state index >= 15 is 0 Å². The van der Waals surface area contributed by atoms with E-state index in [1.807, 2.05) is 13.1 Å². The molecule has 4 rings (SSSR count). The third kappa shape index (κ3) is 4.20. The zero-order valence-corrected chi connectivity index (χ0v) is 18.0.